The zero-order valence-corrected chi connectivity index (χ0v) is 10.1. The third-order valence-electron chi connectivity index (χ3n) is 2.55. The van der Waals surface area contributed by atoms with Gasteiger partial charge in [-0.25, -0.2) is 4.98 Å². The van der Waals surface area contributed by atoms with Gasteiger partial charge in [-0.3, -0.25) is 4.79 Å². The molecule has 2 rings (SSSR count). The normalized spacial score (nSPS) is 10.1. The van der Waals surface area contributed by atoms with Crippen molar-refractivity contribution in [2.45, 2.75) is 6.42 Å². The molecule has 0 atom stereocenters. The van der Waals surface area contributed by atoms with Gasteiger partial charge in [0.2, 0.25) is 0 Å². The highest BCUT2D eigenvalue weighted by atomic mass is 16.5. The maximum Gasteiger partial charge on any atom is 0.290 e. The number of methoxy groups -OCH3 is 1. The van der Waals surface area contributed by atoms with Crippen molar-refractivity contribution >= 4 is 5.82 Å². The molecule has 2 N–H and O–H groups in total. The van der Waals surface area contributed by atoms with Gasteiger partial charge in [-0.15, -0.1) is 0 Å². The molecule has 0 amide bonds. The number of hydrogen-bond acceptors (Lipinski definition) is 4. The average Bonchev–Trinajstić information content (AvgIpc) is 2.41. The van der Waals surface area contributed by atoms with Crippen molar-refractivity contribution in [1.82, 2.24) is 9.97 Å². The number of aromatic amines is 1. The number of anilines is 1. The molecule has 0 aliphatic carbocycles. The molecule has 0 radical (unpaired) electrons. The fourth-order valence-corrected chi connectivity index (χ4v) is 1.63. The summed E-state index contributed by atoms with van der Waals surface area (Å²) in [6.45, 7) is 0.646. The Bertz CT molecular complexity index is 566. The van der Waals surface area contributed by atoms with Crippen LogP contribution in [-0.4, -0.2) is 23.6 Å². The number of hydrogen-bond donors (Lipinski definition) is 2. The molecule has 0 saturated carbocycles. The zero-order valence-electron chi connectivity index (χ0n) is 10.1. The molecule has 0 aliphatic rings. The SMILES string of the molecule is COc1cccc(CCNc2ncc[nH]c2=O)c1. The van der Waals surface area contributed by atoms with E-state index >= 15 is 0 Å². The second-order valence-corrected chi connectivity index (χ2v) is 3.80. The molecule has 5 nitrogen and oxygen atoms in total. The van der Waals surface area contributed by atoms with E-state index in [1.54, 1.807) is 13.3 Å². The Labute approximate surface area is 105 Å². The summed E-state index contributed by atoms with van der Waals surface area (Å²) in [5.74, 6) is 1.18. The van der Waals surface area contributed by atoms with Crippen molar-refractivity contribution in [3.63, 3.8) is 0 Å². The lowest BCUT2D eigenvalue weighted by atomic mass is 10.1. The number of nitrogens with one attached hydrogen (secondary N) is 2. The summed E-state index contributed by atoms with van der Waals surface area (Å²) in [7, 11) is 1.64. The zero-order chi connectivity index (χ0) is 12.8. The highest BCUT2D eigenvalue weighted by molar-refractivity contribution is 5.32. The fourth-order valence-electron chi connectivity index (χ4n) is 1.63. The van der Waals surface area contributed by atoms with Gasteiger partial charge in [-0.1, -0.05) is 12.1 Å². The first-order valence-electron chi connectivity index (χ1n) is 5.70. The molecule has 0 unspecified atom stereocenters. The Kier molecular flexibility index (Phi) is 3.96. The van der Waals surface area contributed by atoms with Crippen molar-refractivity contribution in [2.24, 2.45) is 0 Å². The monoisotopic (exact) mass is 245 g/mol. The number of nitrogens with zero attached hydrogens (tertiary/aromatic N) is 1. The molecule has 1 heterocycles. The minimum Gasteiger partial charge on any atom is -0.497 e. The van der Waals surface area contributed by atoms with E-state index in [0.29, 0.717) is 12.4 Å². The first-order valence-corrected chi connectivity index (χ1v) is 5.70. The standard InChI is InChI=1S/C13H15N3O2/c1-18-11-4-2-3-10(9-11)5-6-14-12-13(17)16-8-7-15-12/h2-4,7-9H,5-6H2,1H3,(H,14,15)(H,16,17). The van der Waals surface area contributed by atoms with Crippen LogP contribution in [-0.2, 0) is 6.42 Å². The first kappa shape index (κ1) is 12.2. The fraction of sp³-hybridized carbons (Fsp3) is 0.231. The van der Waals surface area contributed by atoms with E-state index in [1.165, 1.54) is 6.20 Å². The molecular weight excluding hydrogens is 230 g/mol. The van der Waals surface area contributed by atoms with Gasteiger partial charge in [0.25, 0.3) is 5.56 Å². The third-order valence-corrected chi connectivity index (χ3v) is 2.55. The van der Waals surface area contributed by atoms with Crippen LogP contribution in [0.3, 0.4) is 0 Å². The van der Waals surface area contributed by atoms with E-state index in [4.69, 9.17) is 4.74 Å². The molecule has 0 bridgehead atoms. The van der Waals surface area contributed by atoms with E-state index in [-0.39, 0.29) is 5.56 Å². The number of ether oxygens (including phenoxy) is 1. The van der Waals surface area contributed by atoms with Gasteiger partial charge in [0, 0.05) is 18.9 Å². The molecule has 18 heavy (non-hydrogen) atoms. The molecule has 2 aromatic rings. The summed E-state index contributed by atoms with van der Waals surface area (Å²) >= 11 is 0. The summed E-state index contributed by atoms with van der Waals surface area (Å²) in [4.78, 5) is 17.9. The highest BCUT2D eigenvalue weighted by Crippen LogP contribution is 2.12. The van der Waals surface area contributed by atoms with Crippen LogP contribution in [0.15, 0.2) is 41.5 Å². The predicted molar refractivity (Wildman–Crippen MR) is 70.0 cm³/mol. The molecule has 5 heteroatoms. The number of H-pyrrole nitrogens is 1. The van der Waals surface area contributed by atoms with Crippen molar-refractivity contribution in [3.8, 4) is 5.75 Å². The molecule has 0 fully saturated rings. The summed E-state index contributed by atoms with van der Waals surface area (Å²) in [6.07, 6.45) is 3.86. The van der Waals surface area contributed by atoms with Crippen LogP contribution in [0.4, 0.5) is 5.82 Å². The van der Waals surface area contributed by atoms with Crippen LogP contribution < -0.4 is 15.6 Å². The third kappa shape index (κ3) is 3.10. The second-order valence-electron chi connectivity index (χ2n) is 3.80. The first-order chi connectivity index (χ1) is 8.79. The number of rotatable bonds is 5. The molecule has 1 aromatic heterocycles. The number of aromatic nitrogens is 2. The van der Waals surface area contributed by atoms with E-state index in [1.807, 2.05) is 24.3 Å². The Morgan fingerprint density at radius 1 is 1.44 bits per heavy atom. The summed E-state index contributed by atoms with van der Waals surface area (Å²) < 4.78 is 5.15. The van der Waals surface area contributed by atoms with Gasteiger partial charge in [-0.2, -0.15) is 0 Å². The molecule has 1 aromatic carbocycles. The molecular formula is C13H15N3O2. The topological polar surface area (TPSA) is 67.0 Å². The van der Waals surface area contributed by atoms with Gasteiger partial charge in [0.05, 0.1) is 7.11 Å². The Morgan fingerprint density at radius 3 is 3.11 bits per heavy atom. The van der Waals surface area contributed by atoms with Crippen molar-refractivity contribution in [2.75, 3.05) is 19.0 Å². The van der Waals surface area contributed by atoms with Crippen LogP contribution in [0.25, 0.3) is 0 Å². The lowest BCUT2D eigenvalue weighted by Gasteiger charge is -2.06. The van der Waals surface area contributed by atoms with Gasteiger partial charge in [0.15, 0.2) is 5.82 Å². The van der Waals surface area contributed by atoms with Crippen molar-refractivity contribution in [3.05, 3.63) is 52.6 Å². The summed E-state index contributed by atoms with van der Waals surface area (Å²) in [5.41, 5.74) is 0.942. The van der Waals surface area contributed by atoms with Gasteiger partial charge >= 0.3 is 0 Å². The Balaban J connectivity index is 1.92. The van der Waals surface area contributed by atoms with Crippen LogP contribution in [0.1, 0.15) is 5.56 Å². The number of benzene rings is 1. The lowest BCUT2D eigenvalue weighted by molar-refractivity contribution is 0.414. The molecule has 0 aliphatic heterocycles. The minimum atomic E-state index is -0.205. The summed E-state index contributed by atoms with van der Waals surface area (Å²) in [5, 5.41) is 3.00. The van der Waals surface area contributed by atoms with E-state index in [9.17, 15) is 4.79 Å². The van der Waals surface area contributed by atoms with Gasteiger partial charge in [-0.05, 0) is 24.1 Å². The van der Waals surface area contributed by atoms with E-state index < -0.39 is 0 Å². The minimum absolute atomic E-state index is 0.205. The van der Waals surface area contributed by atoms with Crippen LogP contribution in [0, 0.1) is 0 Å². The summed E-state index contributed by atoms with van der Waals surface area (Å²) in [6, 6.07) is 7.85. The largest absolute Gasteiger partial charge is 0.497 e. The van der Waals surface area contributed by atoms with E-state index in [0.717, 1.165) is 17.7 Å². The van der Waals surface area contributed by atoms with Crippen LogP contribution in [0.5, 0.6) is 5.75 Å². The Morgan fingerprint density at radius 2 is 2.33 bits per heavy atom. The van der Waals surface area contributed by atoms with Gasteiger partial charge in [0.1, 0.15) is 5.75 Å². The Hall–Kier alpha value is -2.30. The predicted octanol–water partition coefficient (Wildman–Crippen LogP) is 1.43. The average molecular weight is 245 g/mol. The second kappa shape index (κ2) is 5.86. The van der Waals surface area contributed by atoms with Crippen LogP contribution >= 0.6 is 0 Å². The maximum absolute atomic E-state index is 11.4. The molecule has 0 saturated heterocycles. The maximum atomic E-state index is 11.4. The quantitative estimate of drug-likeness (QED) is 0.836. The van der Waals surface area contributed by atoms with Crippen molar-refractivity contribution in [1.29, 1.82) is 0 Å². The lowest BCUT2D eigenvalue weighted by Crippen LogP contribution is -2.17. The molecule has 94 valence electrons. The smallest absolute Gasteiger partial charge is 0.290 e. The van der Waals surface area contributed by atoms with Crippen molar-refractivity contribution < 1.29 is 4.74 Å². The molecule has 0 spiro atoms. The van der Waals surface area contributed by atoms with E-state index in [2.05, 4.69) is 15.3 Å². The highest BCUT2D eigenvalue weighted by Gasteiger charge is 1.99. The van der Waals surface area contributed by atoms with Crippen LogP contribution in [0.2, 0.25) is 0 Å². The van der Waals surface area contributed by atoms with Gasteiger partial charge < -0.3 is 15.0 Å².